The van der Waals surface area contributed by atoms with Crippen molar-refractivity contribution in [3.8, 4) is 0 Å². The van der Waals surface area contributed by atoms with E-state index in [0.29, 0.717) is 6.54 Å². The van der Waals surface area contributed by atoms with Crippen LogP contribution in [-0.4, -0.2) is 18.4 Å². The van der Waals surface area contributed by atoms with Gasteiger partial charge in [-0.05, 0) is 18.2 Å². The van der Waals surface area contributed by atoms with Crippen LogP contribution in [0.3, 0.4) is 0 Å². The lowest BCUT2D eigenvalue weighted by atomic mass is 10.1. The topological polar surface area (TPSA) is 63.4 Å². The monoisotopic (exact) mass is 360 g/mol. The van der Waals surface area contributed by atoms with Gasteiger partial charge in [-0.2, -0.15) is 0 Å². The van der Waals surface area contributed by atoms with E-state index < -0.39 is 5.91 Å². The largest absolute Gasteiger partial charge is 0.369 e. The number of anilines is 1. The third kappa shape index (κ3) is 2.69. The molecule has 90 valence electrons. The smallest absolute Gasteiger partial charge is 0.227 e. The number of carbonyl (C=O) groups is 2. The second-order valence-electron chi connectivity index (χ2n) is 3.94. The first-order valence-corrected chi connectivity index (χ1v) is 6.62. The fourth-order valence-corrected chi connectivity index (χ4v) is 3.11. The Balaban J connectivity index is 2.28. The normalized spacial score (nSPS) is 19.8. The van der Waals surface area contributed by atoms with Crippen LogP contribution in [0.5, 0.6) is 0 Å². The Labute approximate surface area is 115 Å². The molecule has 1 aliphatic rings. The lowest BCUT2D eigenvalue weighted by Crippen LogP contribution is -2.28. The number of nitrogens with two attached hydrogens (primary N) is 1. The molecule has 1 unspecified atom stereocenters. The Kier molecular flexibility index (Phi) is 3.53. The van der Waals surface area contributed by atoms with E-state index in [2.05, 4.69) is 31.9 Å². The molecule has 2 amide bonds. The lowest BCUT2D eigenvalue weighted by molar-refractivity contribution is -0.123. The average molecular weight is 362 g/mol. The third-order valence-corrected chi connectivity index (χ3v) is 3.60. The van der Waals surface area contributed by atoms with Gasteiger partial charge in [-0.15, -0.1) is 0 Å². The van der Waals surface area contributed by atoms with Crippen LogP contribution in [0.1, 0.15) is 6.42 Å². The van der Waals surface area contributed by atoms with Crippen molar-refractivity contribution in [2.45, 2.75) is 6.42 Å². The molecule has 2 rings (SSSR count). The number of hydrogen-bond acceptors (Lipinski definition) is 2. The van der Waals surface area contributed by atoms with Gasteiger partial charge in [-0.25, -0.2) is 0 Å². The van der Waals surface area contributed by atoms with Crippen LogP contribution < -0.4 is 10.6 Å². The predicted octanol–water partition coefficient (Wildman–Crippen LogP) is 2.05. The van der Waals surface area contributed by atoms with Crippen LogP contribution in [0.15, 0.2) is 27.1 Å². The van der Waals surface area contributed by atoms with Crippen molar-refractivity contribution in [3.05, 3.63) is 27.1 Å². The van der Waals surface area contributed by atoms with E-state index in [9.17, 15) is 9.59 Å². The molecule has 0 radical (unpaired) electrons. The molecule has 1 aromatic carbocycles. The van der Waals surface area contributed by atoms with Crippen molar-refractivity contribution < 1.29 is 9.59 Å². The molecule has 6 heteroatoms. The summed E-state index contributed by atoms with van der Waals surface area (Å²) in [6, 6.07) is 5.56. The summed E-state index contributed by atoms with van der Waals surface area (Å²) in [7, 11) is 0. The molecule has 2 N–H and O–H groups in total. The molecule has 1 saturated heterocycles. The molecule has 0 bridgehead atoms. The number of nitrogens with zero attached hydrogens (tertiary/aromatic N) is 1. The van der Waals surface area contributed by atoms with E-state index >= 15 is 0 Å². The average Bonchev–Trinajstić information content (AvgIpc) is 2.59. The van der Waals surface area contributed by atoms with E-state index in [1.54, 1.807) is 4.90 Å². The molecular formula is C11H10Br2N2O2. The standard InChI is InChI=1S/C11H10Br2N2O2/c12-7-2-8(13)4-9(3-7)15-5-6(11(14)17)1-10(15)16/h2-4,6H,1,5H2,(H2,14,17). The minimum atomic E-state index is -0.421. The zero-order valence-electron chi connectivity index (χ0n) is 8.82. The molecule has 1 fully saturated rings. The fraction of sp³-hybridized carbons (Fsp3) is 0.273. The van der Waals surface area contributed by atoms with E-state index in [0.717, 1.165) is 14.6 Å². The number of carbonyl (C=O) groups excluding carboxylic acids is 2. The Morgan fingerprint density at radius 3 is 2.35 bits per heavy atom. The van der Waals surface area contributed by atoms with Gasteiger partial charge in [-0.1, -0.05) is 31.9 Å². The van der Waals surface area contributed by atoms with Crippen LogP contribution in [0.4, 0.5) is 5.69 Å². The number of hydrogen-bond donors (Lipinski definition) is 1. The first kappa shape index (κ1) is 12.6. The Bertz CT molecular complexity index is 470. The van der Waals surface area contributed by atoms with Gasteiger partial charge in [0.15, 0.2) is 0 Å². The van der Waals surface area contributed by atoms with Gasteiger partial charge in [0.25, 0.3) is 0 Å². The number of benzene rings is 1. The van der Waals surface area contributed by atoms with Gasteiger partial charge < -0.3 is 10.6 Å². The number of amides is 2. The maximum Gasteiger partial charge on any atom is 0.227 e. The number of primary amides is 1. The zero-order valence-corrected chi connectivity index (χ0v) is 12.0. The van der Waals surface area contributed by atoms with Gasteiger partial charge in [0.1, 0.15) is 0 Å². The van der Waals surface area contributed by atoms with E-state index in [4.69, 9.17) is 5.73 Å². The molecule has 4 nitrogen and oxygen atoms in total. The highest BCUT2D eigenvalue weighted by molar-refractivity contribution is 9.11. The summed E-state index contributed by atoms with van der Waals surface area (Å²) in [6.07, 6.45) is 0.194. The van der Waals surface area contributed by atoms with Gasteiger partial charge in [0.05, 0.1) is 5.92 Å². The van der Waals surface area contributed by atoms with Crippen molar-refractivity contribution in [3.63, 3.8) is 0 Å². The number of halogens is 2. The van der Waals surface area contributed by atoms with Crippen molar-refractivity contribution in [2.75, 3.05) is 11.4 Å². The molecule has 0 aromatic heterocycles. The summed E-state index contributed by atoms with van der Waals surface area (Å²) in [6.45, 7) is 0.358. The van der Waals surface area contributed by atoms with Crippen molar-refractivity contribution in [2.24, 2.45) is 11.7 Å². The zero-order chi connectivity index (χ0) is 12.6. The maximum absolute atomic E-state index is 11.8. The van der Waals surface area contributed by atoms with Crippen molar-refractivity contribution in [1.82, 2.24) is 0 Å². The van der Waals surface area contributed by atoms with Crippen LogP contribution in [0.2, 0.25) is 0 Å². The van der Waals surface area contributed by atoms with Gasteiger partial charge in [0, 0.05) is 27.6 Å². The summed E-state index contributed by atoms with van der Waals surface area (Å²) in [5.74, 6) is -0.881. The third-order valence-electron chi connectivity index (χ3n) is 2.69. The molecule has 17 heavy (non-hydrogen) atoms. The predicted molar refractivity (Wildman–Crippen MR) is 71.5 cm³/mol. The van der Waals surface area contributed by atoms with E-state index in [1.165, 1.54) is 0 Å². The fourth-order valence-electron chi connectivity index (χ4n) is 1.84. The van der Waals surface area contributed by atoms with E-state index in [1.807, 2.05) is 18.2 Å². The summed E-state index contributed by atoms with van der Waals surface area (Å²) in [5.41, 5.74) is 5.99. The summed E-state index contributed by atoms with van der Waals surface area (Å²) >= 11 is 6.73. The van der Waals surface area contributed by atoms with Crippen LogP contribution >= 0.6 is 31.9 Å². The SMILES string of the molecule is NC(=O)C1CC(=O)N(c2cc(Br)cc(Br)c2)C1. The van der Waals surface area contributed by atoms with E-state index in [-0.39, 0.29) is 18.2 Å². The van der Waals surface area contributed by atoms with Crippen molar-refractivity contribution in [1.29, 1.82) is 0 Å². The molecule has 1 aromatic rings. The molecule has 0 aliphatic carbocycles. The maximum atomic E-state index is 11.8. The van der Waals surface area contributed by atoms with Crippen molar-refractivity contribution >= 4 is 49.4 Å². The lowest BCUT2D eigenvalue weighted by Gasteiger charge is -2.17. The highest BCUT2D eigenvalue weighted by Crippen LogP contribution is 2.30. The molecule has 0 spiro atoms. The minimum Gasteiger partial charge on any atom is -0.369 e. The Morgan fingerprint density at radius 2 is 1.88 bits per heavy atom. The van der Waals surface area contributed by atoms with Gasteiger partial charge >= 0.3 is 0 Å². The first-order valence-electron chi connectivity index (χ1n) is 5.03. The van der Waals surface area contributed by atoms with Gasteiger partial charge in [-0.3, -0.25) is 9.59 Å². The van der Waals surface area contributed by atoms with Gasteiger partial charge in [0.2, 0.25) is 11.8 Å². The van der Waals surface area contributed by atoms with Crippen LogP contribution in [-0.2, 0) is 9.59 Å². The quantitative estimate of drug-likeness (QED) is 0.876. The first-order chi connectivity index (χ1) is 7.97. The molecule has 0 saturated carbocycles. The second-order valence-corrected chi connectivity index (χ2v) is 5.77. The summed E-state index contributed by atoms with van der Waals surface area (Å²) < 4.78 is 1.74. The number of rotatable bonds is 2. The van der Waals surface area contributed by atoms with Crippen LogP contribution in [0.25, 0.3) is 0 Å². The Morgan fingerprint density at radius 1 is 1.29 bits per heavy atom. The van der Waals surface area contributed by atoms with Crippen LogP contribution in [0, 0.1) is 5.92 Å². The molecular weight excluding hydrogens is 352 g/mol. The Hall–Kier alpha value is -0.880. The second kappa shape index (κ2) is 4.78. The summed E-state index contributed by atoms with van der Waals surface area (Å²) in [5, 5.41) is 0. The minimum absolute atomic E-state index is 0.0706. The molecule has 1 atom stereocenters. The molecule has 1 aliphatic heterocycles. The highest BCUT2D eigenvalue weighted by atomic mass is 79.9. The molecule has 1 heterocycles. The highest BCUT2D eigenvalue weighted by Gasteiger charge is 2.34. The summed E-state index contributed by atoms with van der Waals surface area (Å²) in [4.78, 5) is 24.5.